The van der Waals surface area contributed by atoms with Gasteiger partial charge in [0.25, 0.3) is 0 Å². The van der Waals surface area contributed by atoms with Crippen molar-refractivity contribution in [1.29, 1.82) is 0 Å². The second-order valence-corrected chi connectivity index (χ2v) is 5.02. The number of hydrogen-bond acceptors (Lipinski definition) is 3. The van der Waals surface area contributed by atoms with E-state index >= 15 is 0 Å². The molecule has 0 amide bonds. The Balaban J connectivity index is 2.51. The molecule has 0 radical (unpaired) electrons. The van der Waals surface area contributed by atoms with Gasteiger partial charge in [-0.3, -0.25) is 0 Å². The van der Waals surface area contributed by atoms with Crippen molar-refractivity contribution in [3.63, 3.8) is 0 Å². The van der Waals surface area contributed by atoms with Crippen LogP contribution in [0.2, 0.25) is 0 Å². The maximum absolute atomic E-state index is 9.32. The SMILES string of the molecule is Cn1c([AsH]O)nc2c3cccnc3ccc21. The summed E-state index contributed by atoms with van der Waals surface area (Å²) in [7, 11) is 1.94. The molecule has 0 bridgehead atoms. The van der Waals surface area contributed by atoms with Gasteiger partial charge in [0.15, 0.2) is 0 Å². The summed E-state index contributed by atoms with van der Waals surface area (Å²) in [6.07, 6.45) is 1.78. The van der Waals surface area contributed by atoms with Crippen molar-refractivity contribution in [3.05, 3.63) is 30.5 Å². The standard InChI is InChI=1S/C11H10AsN3O/c1-15-9-5-4-8-7(3-2-6-13-8)10(9)14-11(15)12-16/h2-6,12,16H,1H3. The van der Waals surface area contributed by atoms with Crippen molar-refractivity contribution >= 4 is 42.6 Å². The van der Waals surface area contributed by atoms with Gasteiger partial charge in [-0.15, -0.1) is 0 Å². The van der Waals surface area contributed by atoms with E-state index in [4.69, 9.17) is 0 Å². The predicted molar refractivity (Wildman–Crippen MR) is 65.0 cm³/mol. The molecule has 0 spiro atoms. The summed E-state index contributed by atoms with van der Waals surface area (Å²) >= 11 is -1.11. The molecule has 0 fully saturated rings. The minimum absolute atomic E-state index is 0.798. The van der Waals surface area contributed by atoms with Gasteiger partial charge in [-0.05, 0) is 0 Å². The van der Waals surface area contributed by atoms with Crippen LogP contribution in [0.1, 0.15) is 0 Å². The topological polar surface area (TPSA) is 50.9 Å². The number of aromatic nitrogens is 3. The van der Waals surface area contributed by atoms with Crippen LogP contribution in [0.5, 0.6) is 0 Å². The first-order valence-corrected chi connectivity index (χ1v) is 6.90. The van der Waals surface area contributed by atoms with Crippen LogP contribution in [-0.2, 0) is 7.05 Å². The molecule has 4 nitrogen and oxygen atoms in total. The van der Waals surface area contributed by atoms with Crippen LogP contribution in [0.15, 0.2) is 30.5 Å². The Morgan fingerprint density at radius 3 is 3.00 bits per heavy atom. The van der Waals surface area contributed by atoms with E-state index < -0.39 is 16.1 Å². The molecular formula is C11H10AsN3O. The van der Waals surface area contributed by atoms with Crippen LogP contribution in [0.3, 0.4) is 0 Å². The molecule has 0 aliphatic rings. The monoisotopic (exact) mass is 275 g/mol. The quantitative estimate of drug-likeness (QED) is 0.640. The number of hydrogen-bond donors (Lipinski definition) is 1. The average Bonchev–Trinajstić information content (AvgIpc) is 2.67. The number of rotatable bonds is 1. The van der Waals surface area contributed by atoms with Gasteiger partial charge in [0.1, 0.15) is 0 Å². The van der Waals surface area contributed by atoms with Crippen LogP contribution >= 0.6 is 0 Å². The van der Waals surface area contributed by atoms with Crippen LogP contribution < -0.4 is 4.61 Å². The molecule has 1 N–H and O–H groups in total. The van der Waals surface area contributed by atoms with Crippen molar-refractivity contribution in [2.24, 2.45) is 7.05 Å². The second kappa shape index (κ2) is 3.58. The van der Waals surface area contributed by atoms with Gasteiger partial charge in [-0.2, -0.15) is 0 Å². The van der Waals surface area contributed by atoms with E-state index in [1.807, 2.05) is 35.9 Å². The summed E-state index contributed by atoms with van der Waals surface area (Å²) in [5, 5.41) is 1.04. The second-order valence-electron chi connectivity index (χ2n) is 3.61. The van der Waals surface area contributed by atoms with Crippen molar-refractivity contribution < 1.29 is 4.10 Å². The van der Waals surface area contributed by atoms with Gasteiger partial charge in [0.2, 0.25) is 0 Å². The number of fused-ring (bicyclic) bond motifs is 3. The number of imidazole rings is 1. The first-order chi connectivity index (χ1) is 7.81. The van der Waals surface area contributed by atoms with Crippen LogP contribution in [0.25, 0.3) is 21.9 Å². The molecule has 0 saturated carbocycles. The van der Waals surface area contributed by atoms with Gasteiger partial charge in [0, 0.05) is 0 Å². The molecule has 2 heterocycles. The Morgan fingerprint density at radius 2 is 2.19 bits per heavy atom. The molecule has 2 aromatic heterocycles. The Morgan fingerprint density at radius 1 is 1.31 bits per heavy atom. The fourth-order valence-corrected chi connectivity index (χ4v) is 2.82. The molecule has 5 heteroatoms. The van der Waals surface area contributed by atoms with Gasteiger partial charge >= 0.3 is 98.8 Å². The van der Waals surface area contributed by atoms with Gasteiger partial charge in [-0.25, -0.2) is 0 Å². The number of nitrogens with zero attached hydrogens (tertiary/aromatic N) is 3. The van der Waals surface area contributed by atoms with Gasteiger partial charge in [-0.1, -0.05) is 0 Å². The van der Waals surface area contributed by atoms with E-state index in [0.29, 0.717) is 0 Å². The number of aryl methyl sites for hydroxylation is 1. The summed E-state index contributed by atoms with van der Waals surface area (Å²) in [6.45, 7) is 0. The molecule has 0 saturated heterocycles. The van der Waals surface area contributed by atoms with Crippen molar-refractivity contribution in [3.8, 4) is 0 Å². The van der Waals surface area contributed by atoms with Gasteiger partial charge < -0.3 is 0 Å². The van der Waals surface area contributed by atoms with E-state index in [9.17, 15) is 4.10 Å². The summed E-state index contributed by atoms with van der Waals surface area (Å²) in [6, 6.07) is 7.91. The number of pyridine rings is 1. The zero-order valence-electron chi connectivity index (χ0n) is 8.68. The van der Waals surface area contributed by atoms with Crippen LogP contribution in [0.4, 0.5) is 0 Å². The zero-order valence-corrected chi connectivity index (χ0v) is 10.8. The molecule has 1 unspecified atom stereocenters. The molecule has 3 rings (SSSR count). The van der Waals surface area contributed by atoms with Crippen molar-refractivity contribution in [1.82, 2.24) is 14.5 Å². The molecule has 1 aromatic carbocycles. The van der Waals surface area contributed by atoms with E-state index in [-0.39, 0.29) is 0 Å². The average molecular weight is 275 g/mol. The maximum atomic E-state index is 9.32. The Labute approximate surface area is 99.0 Å². The van der Waals surface area contributed by atoms with Crippen LogP contribution in [-0.4, -0.2) is 34.7 Å². The van der Waals surface area contributed by atoms with E-state index in [1.165, 1.54) is 0 Å². The summed E-state index contributed by atoms with van der Waals surface area (Å²) in [4.78, 5) is 8.78. The molecule has 1 atom stereocenters. The van der Waals surface area contributed by atoms with Crippen molar-refractivity contribution in [2.75, 3.05) is 0 Å². The van der Waals surface area contributed by atoms with E-state index in [2.05, 4.69) is 9.97 Å². The molecule has 0 aliphatic carbocycles. The third-order valence-corrected chi connectivity index (χ3v) is 4.09. The van der Waals surface area contributed by atoms with Crippen LogP contribution in [0, 0.1) is 0 Å². The Kier molecular flexibility index (Phi) is 2.20. The van der Waals surface area contributed by atoms with E-state index in [0.717, 1.165) is 26.5 Å². The normalized spacial score (nSPS) is 12.1. The molecule has 3 aromatic rings. The molecule has 80 valence electrons. The fourth-order valence-electron chi connectivity index (χ4n) is 1.91. The first kappa shape index (κ1) is 9.82. The summed E-state index contributed by atoms with van der Waals surface area (Å²) in [5.41, 5.74) is 2.92. The predicted octanol–water partition coefficient (Wildman–Crippen LogP) is 0.0906. The van der Waals surface area contributed by atoms with Crippen molar-refractivity contribution in [2.45, 2.75) is 0 Å². The van der Waals surface area contributed by atoms with Gasteiger partial charge in [0.05, 0.1) is 0 Å². The van der Waals surface area contributed by atoms with E-state index in [1.54, 1.807) is 6.20 Å². The minimum atomic E-state index is -1.11. The summed E-state index contributed by atoms with van der Waals surface area (Å²) < 4.78 is 12.1. The molecular weight excluding hydrogens is 265 g/mol. The third-order valence-electron chi connectivity index (χ3n) is 2.73. The molecule has 16 heavy (non-hydrogen) atoms. The number of benzene rings is 1. The Bertz CT molecular complexity index is 677. The third kappa shape index (κ3) is 1.27. The summed E-state index contributed by atoms with van der Waals surface area (Å²) in [5.74, 6) is 0. The zero-order chi connectivity index (χ0) is 11.1. The first-order valence-electron chi connectivity index (χ1n) is 4.91. The fraction of sp³-hybridized carbons (Fsp3) is 0.0909. The molecule has 0 aliphatic heterocycles. The Hall–Kier alpha value is -1.38.